The largest absolute Gasteiger partial charge is 0.416 e. The Morgan fingerprint density at radius 1 is 0.880 bits per heavy atom. The lowest BCUT2D eigenvalue weighted by Gasteiger charge is -2.09. The molecule has 4 N–H and O–H groups in total. The SMILES string of the molecule is Nc1nc(N)c2cc(S(=O)(=O)c3ccc(C(F)(F)F)cc3)ccc2n1. The summed E-state index contributed by atoms with van der Waals surface area (Å²) in [5, 5.41) is 0.280. The van der Waals surface area contributed by atoms with Crippen molar-refractivity contribution < 1.29 is 21.6 Å². The Kier molecular flexibility index (Phi) is 3.79. The number of alkyl halides is 3. The molecule has 1 aromatic heterocycles. The fraction of sp³-hybridized carbons (Fsp3) is 0.0667. The highest BCUT2D eigenvalue weighted by Crippen LogP contribution is 2.31. The molecule has 1 heterocycles. The number of nitrogen functional groups attached to an aromatic ring is 2. The van der Waals surface area contributed by atoms with Crippen LogP contribution in [0.15, 0.2) is 52.3 Å². The van der Waals surface area contributed by atoms with Gasteiger partial charge in [-0.1, -0.05) is 0 Å². The topological polar surface area (TPSA) is 112 Å². The van der Waals surface area contributed by atoms with Gasteiger partial charge in [0.15, 0.2) is 0 Å². The zero-order valence-electron chi connectivity index (χ0n) is 12.4. The Hall–Kier alpha value is -2.88. The van der Waals surface area contributed by atoms with Gasteiger partial charge in [-0.25, -0.2) is 13.4 Å². The highest BCUT2D eigenvalue weighted by Gasteiger charge is 2.30. The number of sulfone groups is 1. The lowest BCUT2D eigenvalue weighted by molar-refractivity contribution is -0.137. The third kappa shape index (κ3) is 3.07. The Morgan fingerprint density at radius 2 is 1.48 bits per heavy atom. The molecule has 0 radical (unpaired) electrons. The van der Waals surface area contributed by atoms with Crippen molar-refractivity contribution in [1.29, 1.82) is 0 Å². The van der Waals surface area contributed by atoms with E-state index >= 15 is 0 Å². The van der Waals surface area contributed by atoms with Crippen LogP contribution >= 0.6 is 0 Å². The second-order valence-corrected chi connectivity index (χ2v) is 7.12. The van der Waals surface area contributed by atoms with Gasteiger partial charge in [0, 0.05) is 5.39 Å². The smallest absolute Gasteiger partial charge is 0.383 e. The van der Waals surface area contributed by atoms with Gasteiger partial charge in [-0.05, 0) is 42.5 Å². The molecular weight excluding hydrogens is 357 g/mol. The van der Waals surface area contributed by atoms with Crippen LogP contribution in [0.25, 0.3) is 10.9 Å². The van der Waals surface area contributed by atoms with Gasteiger partial charge in [0.25, 0.3) is 0 Å². The van der Waals surface area contributed by atoms with Gasteiger partial charge >= 0.3 is 6.18 Å². The third-order valence-corrected chi connectivity index (χ3v) is 5.28. The Balaban J connectivity index is 2.10. The predicted molar refractivity (Wildman–Crippen MR) is 85.3 cm³/mol. The van der Waals surface area contributed by atoms with E-state index in [-0.39, 0.29) is 26.9 Å². The Bertz CT molecular complexity index is 1060. The van der Waals surface area contributed by atoms with Crippen LogP contribution in [0.5, 0.6) is 0 Å². The number of hydrogen-bond acceptors (Lipinski definition) is 6. The maximum Gasteiger partial charge on any atom is 0.416 e. The molecule has 25 heavy (non-hydrogen) atoms. The van der Waals surface area contributed by atoms with Gasteiger partial charge < -0.3 is 11.5 Å². The van der Waals surface area contributed by atoms with Crippen molar-refractivity contribution in [2.24, 2.45) is 0 Å². The first kappa shape index (κ1) is 17.0. The first-order valence-electron chi connectivity index (χ1n) is 6.84. The van der Waals surface area contributed by atoms with Gasteiger partial charge in [-0.2, -0.15) is 18.2 Å². The minimum Gasteiger partial charge on any atom is -0.383 e. The summed E-state index contributed by atoms with van der Waals surface area (Å²) in [6.45, 7) is 0. The number of nitrogens with zero attached hydrogens (tertiary/aromatic N) is 2. The van der Waals surface area contributed by atoms with E-state index in [0.717, 1.165) is 12.1 Å². The lowest BCUT2D eigenvalue weighted by Crippen LogP contribution is -2.07. The first-order chi connectivity index (χ1) is 11.6. The maximum absolute atomic E-state index is 12.6. The zero-order valence-corrected chi connectivity index (χ0v) is 13.3. The second-order valence-electron chi connectivity index (χ2n) is 5.17. The van der Waals surface area contributed by atoms with Gasteiger partial charge in [-0.15, -0.1) is 0 Å². The molecule has 2 aromatic carbocycles. The van der Waals surface area contributed by atoms with Crippen LogP contribution in [0.2, 0.25) is 0 Å². The van der Waals surface area contributed by atoms with Crippen molar-refractivity contribution in [3.63, 3.8) is 0 Å². The highest BCUT2D eigenvalue weighted by molar-refractivity contribution is 7.91. The average molecular weight is 368 g/mol. The second kappa shape index (κ2) is 5.59. The minimum atomic E-state index is -4.54. The van der Waals surface area contributed by atoms with Crippen molar-refractivity contribution in [2.45, 2.75) is 16.0 Å². The Morgan fingerprint density at radius 3 is 2.08 bits per heavy atom. The van der Waals surface area contributed by atoms with Crippen molar-refractivity contribution in [1.82, 2.24) is 9.97 Å². The number of anilines is 2. The van der Waals surface area contributed by atoms with E-state index in [0.29, 0.717) is 17.6 Å². The van der Waals surface area contributed by atoms with Gasteiger partial charge in [0.05, 0.1) is 20.9 Å². The van der Waals surface area contributed by atoms with Crippen molar-refractivity contribution >= 4 is 32.5 Å². The molecular formula is C15H11F3N4O2S. The van der Waals surface area contributed by atoms with Crippen LogP contribution in [0.1, 0.15) is 5.56 Å². The number of rotatable bonds is 2. The van der Waals surface area contributed by atoms with Crippen LogP contribution < -0.4 is 11.5 Å². The molecule has 0 spiro atoms. The highest BCUT2D eigenvalue weighted by atomic mass is 32.2. The number of benzene rings is 2. The summed E-state index contributed by atoms with van der Waals surface area (Å²) in [6.07, 6.45) is -4.54. The van der Waals surface area contributed by atoms with E-state index in [1.165, 1.54) is 18.2 Å². The Labute approximate surface area is 140 Å². The minimum absolute atomic E-state index is 0.00645. The molecule has 10 heteroatoms. The molecule has 0 aliphatic heterocycles. The molecule has 0 saturated heterocycles. The fourth-order valence-corrected chi connectivity index (χ4v) is 3.56. The molecule has 130 valence electrons. The van der Waals surface area contributed by atoms with Crippen LogP contribution in [-0.4, -0.2) is 18.4 Å². The molecule has 0 saturated carbocycles. The normalized spacial score (nSPS) is 12.4. The molecule has 3 aromatic rings. The summed E-state index contributed by atoms with van der Waals surface area (Å²) < 4.78 is 63.1. The average Bonchev–Trinajstić information content (AvgIpc) is 2.53. The number of aromatic nitrogens is 2. The summed E-state index contributed by atoms with van der Waals surface area (Å²) in [7, 11) is -4.03. The van der Waals surface area contributed by atoms with Crippen molar-refractivity contribution in [3.8, 4) is 0 Å². The predicted octanol–water partition coefficient (Wildman–Crippen LogP) is 2.65. The molecule has 3 rings (SSSR count). The summed E-state index contributed by atoms with van der Waals surface area (Å²) in [5.74, 6) is -0.0460. The molecule has 0 aliphatic carbocycles. The summed E-state index contributed by atoms with van der Waals surface area (Å²) in [6, 6.07) is 7.19. The van der Waals surface area contributed by atoms with Crippen molar-refractivity contribution in [3.05, 3.63) is 48.0 Å². The standard InChI is InChI=1S/C15H11F3N4O2S/c16-15(17,18)8-1-3-9(4-2-8)25(23,24)10-5-6-12-11(7-10)13(19)22-14(20)21-12/h1-7H,(H4,19,20,21,22). The summed E-state index contributed by atoms with van der Waals surface area (Å²) >= 11 is 0. The van der Waals surface area contributed by atoms with E-state index in [1.54, 1.807) is 0 Å². The molecule has 0 amide bonds. The number of fused-ring (bicyclic) bond motifs is 1. The zero-order chi connectivity index (χ0) is 18.4. The van der Waals surface area contributed by atoms with Crippen LogP contribution in [0.3, 0.4) is 0 Å². The van der Waals surface area contributed by atoms with E-state index in [1.807, 2.05) is 0 Å². The van der Waals surface area contributed by atoms with Gasteiger partial charge in [0.1, 0.15) is 5.82 Å². The summed E-state index contributed by atoms with van der Waals surface area (Å²) in [4.78, 5) is 7.29. The number of halogens is 3. The summed E-state index contributed by atoms with van der Waals surface area (Å²) in [5.41, 5.74) is 10.6. The van der Waals surface area contributed by atoms with E-state index in [9.17, 15) is 21.6 Å². The monoisotopic (exact) mass is 368 g/mol. The van der Waals surface area contributed by atoms with E-state index in [2.05, 4.69) is 9.97 Å². The molecule has 0 bridgehead atoms. The van der Waals surface area contributed by atoms with Crippen LogP contribution in [-0.2, 0) is 16.0 Å². The molecule has 0 atom stereocenters. The van der Waals surface area contributed by atoms with Crippen molar-refractivity contribution in [2.75, 3.05) is 11.5 Å². The first-order valence-corrected chi connectivity index (χ1v) is 8.32. The van der Waals surface area contributed by atoms with Gasteiger partial charge in [0.2, 0.25) is 15.8 Å². The fourth-order valence-electron chi connectivity index (χ4n) is 2.28. The maximum atomic E-state index is 12.6. The van der Waals surface area contributed by atoms with Crippen LogP contribution in [0, 0.1) is 0 Å². The van der Waals surface area contributed by atoms with Crippen LogP contribution in [0.4, 0.5) is 24.9 Å². The molecule has 6 nitrogen and oxygen atoms in total. The lowest BCUT2D eigenvalue weighted by atomic mass is 10.2. The number of nitrogens with two attached hydrogens (primary N) is 2. The number of hydrogen-bond donors (Lipinski definition) is 2. The molecule has 0 unspecified atom stereocenters. The molecule has 0 fully saturated rings. The molecule has 0 aliphatic rings. The van der Waals surface area contributed by atoms with E-state index < -0.39 is 21.6 Å². The third-order valence-electron chi connectivity index (χ3n) is 3.52. The van der Waals surface area contributed by atoms with E-state index in [4.69, 9.17) is 11.5 Å². The quantitative estimate of drug-likeness (QED) is 0.719. The van der Waals surface area contributed by atoms with Gasteiger partial charge in [-0.3, -0.25) is 0 Å².